The largest absolute Gasteiger partial charge is 0.371 e. The van der Waals surface area contributed by atoms with E-state index in [0.717, 1.165) is 38.9 Å². The van der Waals surface area contributed by atoms with Crippen molar-refractivity contribution in [3.63, 3.8) is 0 Å². The van der Waals surface area contributed by atoms with Gasteiger partial charge in [0.25, 0.3) is 0 Å². The third-order valence-corrected chi connectivity index (χ3v) is 6.25. The van der Waals surface area contributed by atoms with Gasteiger partial charge in [-0.25, -0.2) is 0 Å². The highest BCUT2D eigenvalue weighted by molar-refractivity contribution is 5.78. The van der Waals surface area contributed by atoms with Gasteiger partial charge in [-0.1, -0.05) is 42.5 Å². The monoisotopic (exact) mass is 391 g/mol. The van der Waals surface area contributed by atoms with E-state index in [4.69, 9.17) is 0 Å². The van der Waals surface area contributed by atoms with Crippen LogP contribution in [0.5, 0.6) is 0 Å². The van der Waals surface area contributed by atoms with Crippen LogP contribution in [0.1, 0.15) is 54.8 Å². The fraction of sp³-hybridized carbons (Fsp3) is 0.480. The topological polar surface area (TPSA) is 35.6 Å². The summed E-state index contributed by atoms with van der Waals surface area (Å²) in [6.45, 7) is 3.50. The molecule has 29 heavy (non-hydrogen) atoms. The van der Waals surface area contributed by atoms with Gasteiger partial charge in [0.1, 0.15) is 0 Å². The summed E-state index contributed by atoms with van der Waals surface area (Å²) in [4.78, 5) is 17.4. The third kappa shape index (κ3) is 4.99. The average molecular weight is 392 g/mol. The predicted octanol–water partition coefficient (Wildman–Crippen LogP) is 4.30. The number of carbonyl (C=O) groups is 1. The Morgan fingerprint density at radius 2 is 1.79 bits per heavy atom. The molecule has 2 aromatic rings. The number of fused-ring (bicyclic) bond motifs is 1. The summed E-state index contributed by atoms with van der Waals surface area (Å²) < 4.78 is 0. The van der Waals surface area contributed by atoms with E-state index in [1.54, 1.807) is 0 Å². The van der Waals surface area contributed by atoms with E-state index in [1.807, 2.05) is 7.05 Å². The number of carbonyl (C=O) groups excluding carboxylic acids is 1. The minimum Gasteiger partial charge on any atom is -0.371 e. The van der Waals surface area contributed by atoms with Crippen LogP contribution in [0.15, 0.2) is 48.5 Å². The lowest BCUT2D eigenvalue weighted by Crippen LogP contribution is -2.38. The molecule has 1 aliphatic carbocycles. The number of piperidine rings is 1. The van der Waals surface area contributed by atoms with E-state index in [2.05, 4.69) is 63.6 Å². The maximum atomic E-state index is 12.7. The summed E-state index contributed by atoms with van der Waals surface area (Å²) in [5.74, 6) is 0.115. The van der Waals surface area contributed by atoms with Crippen LogP contribution < -0.4 is 10.2 Å². The van der Waals surface area contributed by atoms with Crippen molar-refractivity contribution in [2.45, 2.75) is 51.1 Å². The molecule has 4 nitrogen and oxygen atoms in total. The number of rotatable bonds is 6. The molecule has 0 unspecified atom stereocenters. The number of nitrogens with zero attached hydrogens (tertiary/aromatic N) is 2. The second kappa shape index (κ2) is 9.45. The normalized spacial score (nSPS) is 19.1. The quantitative estimate of drug-likeness (QED) is 0.797. The van der Waals surface area contributed by atoms with E-state index in [0.29, 0.717) is 6.54 Å². The summed E-state index contributed by atoms with van der Waals surface area (Å²) in [6, 6.07) is 17.3. The molecule has 2 aromatic carbocycles. The Morgan fingerprint density at radius 3 is 2.66 bits per heavy atom. The molecule has 1 heterocycles. The lowest BCUT2D eigenvalue weighted by molar-refractivity contribution is -0.122. The molecule has 1 atom stereocenters. The van der Waals surface area contributed by atoms with E-state index < -0.39 is 0 Å². The fourth-order valence-corrected chi connectivity index (χ4v) is 4.82. The minimum atomic E-state index is 0.115. The van der Waals surface area contributed by atoms with Crippen molar-refractivity contribution in [3.05, 3.63) is 65.2 Å². The summed E-state index contributed by atoms with van der Waals surface area (Å²) >= 11 is 0. The van der Waals surface area contributed by atoms with Crippen molar-refractivity contribution in [1.29, 1.82) is 0 Å². The van der Waals surface area contributed by atoms with Gasteiger partial charge in [0.05, 0.1) is 12.6 Å². The van der Waals surface area contributed by atoms with Crippen molar-refractivity contribution in [1.82, 2.24) is 10.2 Å². The van der Waals surface area contributed by atoms with Gasteiger partial charge in [-0.05, 0) is 68.3 Å². The lowest BCUT2D eigenvalue weighted by Gasteiger charge is -2.31. The molecule has 1 fully saturated rings. The SMILES string of the molecule is CN(CC(=O)N[C@@H]1CCCc2ccccc21)Cc1ccccc1N1CCCCC1. The first-order chi connectivity index (χ1) is 14.2. The Kier molecular flexibility index (Phi) is 6.50. The van der Waals surface area contributed by atoms with Gasteiger partial charge in [-0.15, -0.1) is 0 Å². The number of aryl methyl sites for hydroxylation is 1. The van der Waals surface area contributed by atoms with Gasteiger partial charge in [-0.3, -0.25) is 9.69 Å². The Bertz CT molecular complexity index is 828. The molecule has 1 amide bonds. The first kappa shape index (κ1) is 20.0. The molecule has 0 saturated carbocycles. The van der Waals surface area contributed by atoms with Crippen molar-refractivity contribution in [2.24, 2.45) is 0 Å². The van der Waals surface area contributed by atoms with Crippen LogP contribution in [0.25, 0.3) is 0 Å². The van der Waals surface area contributed by atoms with Crippen LogP contribution in [-0.2, 0) is 17.8 Å². The van der Waals surface area contributed by atoms with Crippen LogP contribution in [0.4, 0.5) is 5.69 Å². The standard InChI is InChI=1S/C25H33N3O/c1-27(18-21-11-4-6-15-24(21)28-16-7-2-8-17-28)19-25(29)26-23-14-9-12-20-10-3-5-13-22(20)23/h3-6,10-11,13,15,23H,2,7-9,12,14,16-19H2,1H3,(H,26,29)/t23-/m1/s1. The molecule has 0 bridgehead atoms. The van der Waals surface area contributed by atoms with E-state index in [-0.39, 0.29) is 11.9 Å². The number of nitrogens with one attached hydrogen (secondary N) is 1. The van der Waals surface area contributed by atoms with Gasteiger partial charge in [0.2, 0.25) is 5.91 Å². The van der Waals surface area contributed by atoms with Crippen molar-refractivity contribution in [2.75, 3.05) is 31.6 Å². The van der Waals surface area contributed by atoms with Crippen molar-refractivity contribution < 1.29 is 4.79 Å². The summed E-state index contributed by atoms with van der Waals surface area (Å²) in [5, 5.41) is 3.28. The predicted molar refractivity (Wildman–Crippen MR) is 119 cm³/mol. The number of benzene rings is 2. The van der Waals surface area contributed by atoms with E-state index in [9.17, 15) is 4.79 Å². The smallest absolute Gasteiger partial charge is 0.234 e. The highest BCUT2D eigenvalue weighted by Gasteiger charge is 2.22. The second-order valence-electron chi connectivity index (χ2n) is 8.56. The van der Waals surface area contributed by atoms with Crippen LogP contribution in [-0.4, -0.2) is 37.5 Å². The molecule has 1 saturated heterocycles. The number of amides is 1. The zero-order chi connectivity index (χ0) is 20.1. The molecule has 2 aliphatic rings. The Labute approximate surface area is 174 Å². The van der Waals surface area contributed by atoms with Crippen LogP contribution in [0, 0.1) is 0 Å². The van der Waals surface area contributed by atoms with Gasteiger partial charge in [-0.2, -0.15) is 0 Å². The second-order valence-corrected chi connectivity index (χ2v) is 8.56. The average Bonchev–Trinajstić information content (AvgIpc) is 2.75. The maximum absolute atomic E-state index is 12.7. The van der Waals surface area contributed by atoms with E-state index in [1.165, 1.54) is 41.6 Å². The van der Waals surface area contributed by atoms with Gasteiger partial charge in [0.15, 0.2) is 0 Å². The molecule has 0 spiro atoms. The zero-order valence-corrected chi connectivity index (χ0v) is 17.6. The molecule has 1 aliphatic heterocycles. The number of hydrogen-bond donors (Lipinski definition) is 1. The summed E-state index contributed by atoms with van der Waals surface area (Å²) in [5.41, 5.74) is 5.33. The molecule has 0 radical (unpaired) electrons. The summed E-state index contributed by atoms with van der Waals surface area (Å²) in [6.07, 6.45) is 7.18. The molecule has 1 N–H and O–H groups in total. The number of para-hydroxylation sites is 1. The number of anilines is 1. The maximum Gasteiger partial charge on any atom is 0.234 e. The highest BCUT2D eigenvalue weighted by Crippen LogP contribution is 2.29. The lowest BCUT2D eigenvalue weighted by atomic mass is 9.88. The van der Waals surface area contributed by atoms with Crippen LogP contribution in [0.3, 0.4) is 0 Å². The Morgan fingerprint density at radius 1 is 1.03 bits per heavy atom. The molecule has 154 valence electrons. The Balaban J connectivity index is 1.36. The van der Waals surface area contributed by atoms with Gasteiger partial charge >= 0.3 is 0 Å². The summed E-state index contributed by atoms with van der Waals surface area (Å²) in [7, 11) is 2.04. The van der Waals surface area contributed by atoms with Gasteiger partial charge < -0.3 is 10.2 Å². The van der Waals surface area contributed by atoms with Gasteiger partial charge in [0, 0.05) is 25.3 Å². The fourth-order valence-electron chi connectivity index (χ4n) is 4.82. The van der Waals surface area contributed by atoms with E-state index >= 15 is 0 Å². The molecule has 4 rings (SSSR count). The van der Waals surface area contributed by atoms with Crippen molar-refractivity contribution in [3.8, 4) is 0 Å². The zero-order valence-electron chi connectivity index (χ0n) is 17.6. The Hall–Kier alpha value is -2.33. The molecular weight excluding hydrogens is 358 g/mol. The number of likely N-dealkylation sites (N-methyl/N-ethyl adjacent to an activating group) is 1. The van der Waals surface area contributed by atoms with Crippen LogP contribution in [0.2, 0.25) is 0 Å². The first-order valence-electron chi connectivity index (χ1n) is 11.1. The number of hydrogen-bond acceptors (Lipinski definition) is 3. The highest BCUT2D eigenvalue weighted by atomic mass is 16.2. The molecule has 0 aromatic heterocycles. The third-order valence-electron chi connectivity index (χ3n) is 6.25. The molecule has 4 heteroatoms. The first-order valence-corrected chi connectivity index (χ1v) is 11.1. The minimum absolute atomic E-state index is 0.115. The molecular formula is C25H33N3O. The van der Waals surface area contributed by atoms with Crippen LogP contribution >= 0.6 is 0 Å². The van der Waals surface area contributed by atoms with Crippen molar-refractivity contribution >= 4 is 11.6 Å².